The number of rotatable bonds is 4. The number of allylic oxidation sites excluding steroid dienone is 6. The lowest BCUT2D eigenvalue weighted by Crippen LogP contribution is -2.43. The third-order valence-electron chi connectivity index (χ3n) is 8.52. The maximum atomic E-state index is 11.0. The summed E-state index contributed by atoms with van der Waals surface area (Å²) in [6.45, 7) is 7.24. The maximum Gasteiger partial charge on any atom is 0.303 e. The molecule has 0 bridgehead atoms. The number of aliphatic carboxylic acids is 1. The van der Waals surface area contributed by atoms with Gasteiger partial charge in [0.2, 0.25) is 0 Å². The monoisotopic (exact) mass is 354 g/mol. The van der Waals surface area contributed by atoms with Crippen molar-refractivity contribution in [1.82, 2.24) is 0 Å². The van der Waals surface area contributed by atoms with E-state index in [1.54, 1.807) is 11.1 Å². The van der Waals surface area contributed by atoms with Crippen LogP contribution in [0.2, 0.25) is 0 Å². The van der Waals surface area contributed by atoms with Gasteiger partial charge in [-0.05, 0) is 68.1 Å². The standard InChI is InChI=1S/C24H34O2/c1-16(7-12-22(25)26)19-10-11-20-18-9-8-17-6-4-5-14-23(17,2)21(18)13-15-24(19,20)3/h4,6,13,15-17,19,21H,5,7-12,14H2,1-3H3,(H,25,26)/t16-,17+,19-,21+,23+,24-/m1/s1. The summed E-state index contributed by atoms with van der Waals surface area (Å²) < 4.78 is 0. The van der Waals surface area contributed by atoms with Crippen molar-refractivity contribution < 1.29 is 9.90 Å². The highest BCUT2D eigenvalue weighted by Gasteiger charge is 2.52. The topological polar surface area (TPSA) is 37.3 Å². The number of hydrogen-bond acceptors (Lipinski definition) is 1. The molecule has 0 aromatic rings. The molecule has 0 aliphatic heterocycles. The molecular weight excluding hydrogens is 320 g/mol. The summed E-state index contributed by atoms with van der Waals surface area (Å²) in [7, 11) is 0. The SMILES string of the molecule is C[C@H](CCC(=O)O)[C@H]1CCC2=C3CC[C@@H]4C=CCC[C@]4(C)[C@H]3C=C[C@@]21C. The third kappa shape index (κ3) is 2.63. The van der Waals surface area contributed by atoms with Gasteiger partial charge in [0.1, 0.15) is 0 Å². The third-order valence-corrected chi connectivity index (χ3v) is 8.52. The molecule has 26 heavy (non-hydrogen) atoms. The van der Waals surface area contributed by atoms with Crippen molar-refractivity contribution in [2.24, 2.45) is 34.5 Å². The van der Waals surface area contributed by atoms with Gasteiger partial charge < -0.3 is 5.11 Å². The normalized spacial score (nSPS) is 42.2. The Bertz CT molecular complexity index is 684. The van der Waals surface area contributed by atoms with E-state index in [-0.39, 0.29) is 5.41 Å². The number of carboxylic acids is 1. The minimum atomic E-state index is -0.658. The van der Waals surface area contributed by atoms with E-state index in [0.29, 0.717) is 29.6 Å². The van der Waals surface area contributed by atoms with Crippen LogP contribution in [0.4, 0.5) is 0 Å². The second-order valence-corrected chi connectivity index (χ2v) is 9.80. The first-order valence-corrected chi connectivity index (χ1v) is 10.7. The molecule has 0 aromatic heterocycles. The zero-order valence-corrected chi connectivity index (χ0v) is 16.6. The van der Waals surface area contributed by atoms with Crippen LogP contribution in [0.5, 0.6) is 0 Å². The molecule has 4 aliphatic rings. The second kappa shape index (κ2) is 6.39. The van der Waals surface area contributed by atoms with Gasteiger partial charge >= 0.3 is 5.97 Å². The van der Waals surface area contributed by atoms with E-state index in [9.17, 15) is 4.79 Å². The Balaban J connectivity index is 1.63. The fourth-order valence-electron chi connectivity index (χ4n) is 6.96. The van der Waals surface area contributed by atoms with Crippen molar-refractivity contribution in [1.29, 1.82) is 0 Å². The van der Waals surface area contributed by atoms with Crippen molar-refractivity contribution in [3.8, 4) is 0 Å². The van der Waals surface area contributed by atoms with Gasteiger partial charge in [0, 0.05) is 17.8 Å². The Kier molecular flexibility index (Phi) is 4.44. The summed E-state index contributed by atoms with van der Waals surface area (Å²) in [5, 5.41) is 9.07. The number of fused-ring (bicyclic) bond motifs is 4. The smallest absolute Gasteiger partial charge is 0.303 e. The summed E-state index contributed by atoms with van der Waals surface area (Å²) in [5.74, 6) is 1.78. The highest BCUT2D eigenvalue weighted by atomic mass is 16.4. The van der Waals surface area contributed by atoms with Gasteiger partial charge in [-0.1, -0.05) is 56.2 Å². The molecule has 2 heteroatoms. The first-order valence-electron chi connectivity index (χ1n) is 10.7. The molecule has 0 unspecified atom stereocenters. The minimum absolute atomic E-state index is 0.164. The van der Waals surface area contributed by atoms with Gasteiger partial charge in [-0.2, -0.15) is 0 Å². The predicted molar refractivity (Wildman–Crippen MR) is 106 cm³/mol. The van der Waals surface area contributed by atoms with Gasteiger partial charge in [0.25, 0.3) is 0 Å². The fraction of sp³-hybridized carbons (Fsp3) is 0.708. The zero-order chi connectivity index (χ0) is 18.5. The Morgan fingerprint density at radius 1 is 1.27 bits per heavy atom. The van der Waals surface area contributed by atoms with Crippen LogP contribution in [0.25, 0.3) is 0 Å². The van der Waals surface area contributed by atoms with Crippen LogP contribution in [0.15, 0.2) is 35.5 Å². The minimum Gasteiger partial charge on any atom is -0.481 e. The highest BCUT2D eigenvalue weighted by molar-refractivity contribution is 5.66. The average Bonchev–Trinajstić information content (AvgIpc) is 2.96. The summed E-state index contributed by atoms with van der Waals surface area (Å²) in [5.41, 5.74) is 4.06. The summed E-state index contributed by atoms with van der Waals surface area (Å²) >= 11 is 0. The van der Waals surface area contributed by atoms with Gasteiger partial charge in [0.05, 0.1) is 0 Å². The van der Waals surface area contributed by atoms with Gasteiger partial charge in [-0.15, -0.1) is 0 Å². The predicted octanol–water partition coefficient (Wildman–Crippen LogP) is 6.15. The van der Waals surface area contributed by atoms with Crippen LogP contribution in [0.3, 0.4) is 0 Å². The van der Waals surface area contributed by atoms with Crippen LogP contribution in [0.1, 0.15) is 72.1 Å². The molecule has 2 saturated carbocycles. The number of carbonyl (C=O) groups is 1. The Morgan fingerprint density at radius 3 is 2.85 bits per heavy atom. The molecule has 1 N–H and O–H groups in total. The van der Waals surface area contributed by atoms with E-state index in [2.05, 4.69) is 45.1 Å². The van der Waals surface area contributed by atoms with Crippen molar-refractivity contribution in [3.63, 3.8) is 0 Å². The molecule has 0 spiro atoms. The van der Waals surface area contributed by atoms with E-state index >= 15 is 0 Å². The second-order valence-electron chi connectivity index (χ2n) is 9.80. The lowest BCUT2D eigenvalue weighted by molar-refractivity contribution is -0.137. The molecule has 2 fully saturated rings. The molecule has 0 aromatic carbocycles. The van der Waals surface area contributed by atoms with Gasteiger partial charge in [-0.3, -0.25) is 4.79 Å². The summed E-state index contributed by atoms with van der Waals surface area (Å²) in [4.78, 5) is 11.0. The van der Waals surface area contributed by atoms with Crippen molar-refractivity contribution in [2.75, 3.05) is 0 Å². The summed E-state index contributed by atoms with van der Waals surface area (Å²) in [6.07, 6.45) is 18.7. The van der Waals surface area contributed by atoms with Crippen molar-refractivity contribution >= 4 is 5.97 Å². The Hall–Kier alpha value is -1.31. The molecule has 0 saturated heterocycles. The van der Waals surface area contributed by atoms with Crippen LogP contribution in [0, 0.1) is 34.5 Å². The van der Waals surface area contributed by atoms with Crippen LogP contribution in [-0.4, -0.2) is 11.1 Å². The van der Waals surface area contributed by atoms with Gasteiger partial charge in [0.15, 0.2) is 0 Å². The lowest BCUT2D eigenvalue weighted by Gasteiger charge is -2.52. The van der Waals surface area contributed by atoms with Crippen molar-refractivity contribution in [3.05, 3.63) is 35.5 Å². The van der Waals surface area contributed by atoms with Crippen molar-refractivity contribution in [2.45, 2.75) is 72.1 Å². The molecule has 2 nitrogen and oxygen atoms in total. The Morgan fingerprint density at radius 2 is 2.08 bits per heavy atom. The fourth-order valence-corrected chi connectivity index (χ4v) is 6.96. The van der Waals surface area contributed by atoms with Crippen LogP contribution in [-0.2, 0) is 4.79 Å². The number of carboxylic acid groups (broad SMARTS) is 1. The largest absolute Gasteiger partial charge is 0.481 e. The molecule has 0 heterocycles. The number of hydrogen-bond donors (Lipinski definition) is 1. The molecule has 142 valence electrons. The van der Waals surface area contributed by atoms with Crippen LogP contribution < -0.4 is 0 Å². The van der Waals surface area contributed by atoms with E-state index in [1.807, 2.05) is 0 Å². The summed E-state index contributed by atoms with van der Waals surface area (Å²) in [6, 6.07) is 0. The van der Waals surface area contributed by atoms with E-state index in [0.717, 1.165) is 12.3 Å². The molecule has 4 rings (SSSR count). The molecule has 0 amide bonds. The van der Waals surface area contributed by atoms with E-state index in [1.165, 1.54) is 38.5 Å². The first kappa shape index (κ1) is 18.1. The maximum absolute atomic E-state index is 11.0. The first-order chi connectivity index (χ1) is 12.4. The average molecular weight is 355 g/mol. The van der Waals surface area contributed by atoms with Crippen LogP contribution >= 0.6 is 0 Å². The molecule has 6 atom stereocenters. The quantitative estimate of drug-likeness (QED) is 0.615. The molecule has 4 aliphatic carbocycles. The zero-order valence-electron chi connectivity index (χ0n) is 16.6. The lowest BCUT2D eigenvalue weighted by atomic mass is 9.52. The van der Waals surface area contributed by atoms with E-state index in [4.69, 9.17) is 5.11 Å². The molecule has 0 radical (unpaired) electrons. The highest BCUT2D eigenvalue weighted by Crippen LogP contribution is 2.62. The molecular formula is C24H34O2. The van der Waals surface area contributed by atoms with E-state index < -0.39 is 5.97 Å². The Labute approximate surface area is 158 Å². The van der Waals surface area contributed by atoms with Gasteiger partial charge in [-0.25, -0.2) is 0 Å².